The van der Waals surface area contributed by atoms with Crippen molar-refractivity contribution < 1.29 is 4.74 Å². The summed E-state index contributed by atoms with van der Waals surface area (Å²) in [6.45, 7) is 1.75. The first-order valence-electron chi connectivity index (χ1n) is 11.4. The van der Waals surface area contributed by atoms with E-state index in [1.165, 1.54) is 55.2 Å². The molecule has 3 aromatic carbocycles. The lowest BCUT2D eigenvalue weighted by atomic mass is 9.81. The molecule has 2 heteroatoms. The number of hydrogen-bond donors (Lipinski definition) is 1. The van der Waals surface area contributed by atoms with Crippen LogP contribution in [0.25, 0.3) is 0 Å². The van der Waals surface area contributed by atoms with Gasteiger partial charge in [0.15, 0.2) is 0 Å². The van der Waals surface area contributed by atoms with E-state index in [2.05, 4.69) is 84.2 Å². The van der Waals surface area contributed by atoms with Gasteiger partial charge in [-0.3, -0.25) is 0 Å². The van der Waals surface area contributed by atoms with Crippen molar-refractivity contribution in [3.05, 3.63) is 102 Å². The highest BCUT2D eigenvalue weighted by atomic mass is 16.5. The maximum absolute atomic E-state index is 5.93. The van der Waals surface area contributed by atoms with Gasteiger partial charge >= 0.3 is 0 Å². The molecular weight excluding hydrogens is 366 g/mol. The molecular formula is C28H33NO. The molecule has 0 amide bonds. The molecule has 0 heterocycles. The van der Waals surface area contributed by atoms with Gasteiger partial charge in [0, 0.05) is 6.04 Å². The molecule has 0 unspecified atom stereocenters. The third-order valence-electron chi connectivity index (χ3n) is 6.25. The second kappa shape index (κ2) is 11.0. The fourth-order valence-electron chi connectivity index (χ4n) is 4.45. The normalized spacial score (nSPS) is 18.8. The van der Waals surface area contributed by atoms with Gasteiger partial charge < -0.3 is 10.1 Å². The Kier molecular flexibility index (Phi) is 7.57. The van der Waals surface area contributed by atoms with Gasteiger partial charge in [-0.2, -0.15) is 0 Å². The van der Waals surface area contributed by atoms with Crippen LogP contribution in [0.3, 0.4) is 0 Å². The number of ether oxygens (including phenoxy) is 1. The van der Waals surface area contributed by atoms with Crippen LogP contribution >= 0.6 is 0 Å². The Morgan fingerprint density at radius 2 is 1.33 bits per heavy atom. The topological polar surface area (TPSA) is 21.3 Å². The zero-order valence-electron chi connectivity index (χ0n) is 17.8. The SMILES string of the molecule is c1ccc(CCCN[C@H]2CC[C@H](c3ccc(OCc4ccccc4)cc3)CC2)cc1. The number of nitrogens with one attached hydrogen (secondary N) is 1. The number of benzene rings is 3. The van der Waals surface area contributed by atoms with Crippen LogP contribution < -0.4 is 10.1 Å². The van der Waals surface area contributed by atoms with Crippen LogP contribution in [0.5, 0.6) is 5.75 Å². The molecule has 2 nitrogen and oxygen atoms in total. The summed E-state index contributed by atoms with van der Waals surface area (Å²) in [5.41, 5.74) is 4.11. The zero-order chi connectivity index (χ0) is 20.4. The van der Waals surface area contributed by atoms with Gasteiger partial charge in [-0.05, 0) is 79.8 Å². The maximum Gasteiger partial charge on any atom is 0.119 e. The van der Waals surface area contributed by atoms with Crippen molar-refractivity contribution in [1.29, 1.82) is 0 Å². The molecule has 30 heavy (non-hydrogen) atoms. The van der Waals surface area contributed by atoms with Gasteiger partial charge in [0.25, 0.3) is 0 Å². The Morgan fingerprint density at radius 1 is 0.700 bits per heavy atom. The van der Waals surface area contributed by atoms with E-state index in [0.717, 1.165) is 12.3 Å². The highest BCUT2D eigenvalue weighted by Crippen LogP contribution is 2.33. The molecule has 0 atom stereocenters. The van der Waals surface area contributed by atoms with Gasteiger partial charge in [-0.25, -0.2) is 0 Å². The minimum absolute atomic E-state index is 0.626. The fourth-order valence-corrected chi connectivity index (χ4v) is 4.45. The maximum atomic E-state index is 5.93. The van der Waals surface area contributed by atoms with Crippen LogP contribution in [0.4, 0.5) is 0 Å². The predicted octanol–water partition coefficient (Wildman–Crippen LogP) is 6.51. The predicted molar refractivity (Wildman–Crippen MR) is 125 cm³/mol. The zero-order valence-corrected chi connectivity index (χ0v) is 17.8. The van der Waals surface area contributed by atoms with Crippen molar-refractivity contribution in [2.75, 3.05) is 6.54 Å². The number of rotatable bonds is 9. The molecule has 0 saturated heterocycles. The summed E-state index contributed by atoms with van der Waals surface area (Å²) in [5, 5.41) is 3.79. The van der Waals surface area contributed by atoms with Crippen molar-refractivity contribution in [3.63, 3.8) is 0 Å². The van der Waals surface area contributed by atoms with Crippen LogP contribution in [0.2, 0.25) is 0 Å². The molecule has 0 radical (unpaired) electrons. The Morgan fingerprint density at radius 3 is 2.00 bits per heavy atom. The van der Waals surface area contributed by atoms with Crippen molar-refractivity contribution in [1.82, 2.24) is 5.32 Å². The van der Waals surface area contributed by atoms with E-state index in [-0.39, 0.29) is 0 Å². The Hall–Kier alpha value is -2.58. The molecule has 4 rings (SSSR count). The standard InChI is InChI=1S/C28H33NO/c1-3-8-23(9-4-1)12-7-21-29-27-17-13-25(14-18-27)26-15-19-28(20-16-26)30-22-24-10-5-2-6-11-24/h1-6,8-11,15-16,19-20,25,27,29H,7,12-14,17-18,21-22H2/t25-,27-. The first-order chi connectivity index (χ1) is 14.9. The summed E-state index contributed by atoms with van der Waals surface area (Å²) in [6, 6.07) is 30.6. The summed E-state index contributed by atoms with van der Waals surface area (Å²) < 4.78 is 5.93. The molecule has 0 aromatic heterocycles. The molecule has 156 valence electrons. The van der Waals surface area contributed by atoms with E-state index >= 15 is 0 Å². The molecule has 0 spiro atoms. The average molecular weight is 400 g/mol. The van der Waals surface area contributed by atoms with Gasteiger partial charge in [0.1, 0.15) is 12.4 Å². The van der Waals surface area contributed by atoms with Crippen LogP contribution in [0.15, 0.2) is 84.9 Å². The van der Waals surface area contributed by atoms with E-state index in [1.807, 2.05) is 6.07 Å². The first-order valence-corrected chi connectivity index (χ1v) is 11.4. The van der Waals surface area contributed by atoms with Gasteiger partial charge in [-0.1, -0.05) is 72.8 Å². The first kappa shape index (κ1) is 20.7. The molecule has 1 N–H and O–H groups in total. The van der Waals surface area contributed by atoms with E-state index in [4.69, 9.17) is 4.74 Å². The minimum atomic E-state index is 0.626. The van der Waals surface area contributed by atoms with Crippen LogP contribution in [-0.4, -0.2) is 12.6 Å². The van der Waals surface area contributed by atoms with E-state index in [9.17, 15) is 0 Å². The summed E-state index contributed by atoms with van der Waals surface area (Å²) in [6.07, 6.45) is 7.50. The molecule has 1 aliphatic rings. The third-order valence-corrected chi connectivity index (χ3v) is 6.25. The number of aryl methyl sites for hydroxylation is 1. The highest BCUT2D eigenvalue weighted by molar-refractivity contribution is 5.30. The van der Waals surface area contributed by atoms with Crippen molar-refractivity contribution in [3.8, 4) is 5.75 Å². The van der Waals surface area contributed by atoms with Crippen LogP contribution in [0.1, 0.15) is 54.7 Å². The highest BCUT2D eigenvalue weighted by Gasteiger charge is 2.21. The van der Waals surface area contributed by atoms with E-state index in [1.54, 1.807) is 0 Å². The van der Waals surface area contributed by atoms with Crippen LogP contribution in [-0.2, 0) is 13.0 Å². The third kappa shape index (κ3) is 6.21. The lowest BCUT2D eigenvalue weighted by molar-refractivity contribution is 0.305. The van der Waals surface area contributed by atoms with E-state index in [0.29, 0.717) is 18.6 Å². The molecule has 1 saturated carbocycles. The molecule has 1 aliphatic carbocycles. The largest absolute Gasteiger partial charge is 0.489 e. The second-order valence-electron chi connectivity index (χ2n) is 8.44. The van der Waals surface area contributed by atoms with Crippen molar-refractivity contribution in [2.24, 2.45) is 0 Å². The van der Waals surface area contributed by atoms with E-state index < -0.39 is 0 Å². The Labute approximate surface area is 181 Å². The summed E-state index contributed by atoms with van der Waals surface area (Å²) in [5.74, 6) is 1.65. The lowest BCUT2D eigenvalue weighted by Gasteiger charge is -2.29. The summed E-state index contributed by atoms with van der Waals surface area (Å²) >= 11 is 0. The van der Waals surface area contributed by atoms with Crippen LogP contribution in [0, 0.1) is 0 Å². The lowest BCUT2D eigenvalue weighted by Crippen LogP contribution is -2.33. The van der Waals surface area contributed by atoms with Gasteiger partial charge in [0.2, 0.25) is 0 Å². The molecule has 3 aromatic rings. The summed E-state index contributed by atoms with van der Waals surface area (Å²) in [7, 11) is 0. The second-order valence-corrected chi connectivity index (χ2v) is 8.44. The molecule has 0 aliphatic heterocycles. The average Bonchev–Trinajstić information content (AvgIpc) is 2.83. The fraction of sp³-hybridized carbons (Fsp3) is 0.357. The monoisotopic (exact) mass is 399 g/mol. The van der Waals surface area contributed by atoms with Gasteiger partial charge in [-0.15, -0.1) is 0 Å². The van der Waals surface area contributed by atoms with Crippen molar-refractivity contribution >= 4 is 0 Å². The quantitative estimate of drug-likeness (QED) is 0.414. The van der Waals surface area contributed by atoms with Crippen molar-refractivity contribution in [2.45, 2.75) is 57.1 Å². The minimum Gasteiger partial charge on any atom is -0.489 e. The Bertz CT molecular complexity index is 852. The number of hydrogen-bond acceptors (Lipinski definition) is 2. The Balaban J connectivity index is 1.16. The molecule has 1 fully saturated rings. The van der Waals surface area contributed by atoms with Gasteiger partial charge in [0.05, 0.1) is 0 Å². The smallest absolute Gasteiger partial charge is 0.119 e. The summed E-state index contributed by atoms with van der Waals surface area (Å²) in [4.78, 5) is 0. The molecule has 0 bridgehead atoms.